The first-order valence-electron chi connectivity index (χ1n) is 5.81. The summed E-state index contributed by atoms with van der Waals surface area (Å²) in [6.07, 6.45) is 3.36. The minimum Gasteiger partial charge on any atom is -0.398 e. The van der Waals surface area contributed by atoms with Gasteiger partial charge < -0.3 is 5.73 Å². The Morgan fingerprint density at radius 3 is 2.70 bits per heavy atom. The number of hydrogen-bond acceptors (Lipinski definition) is 6. The highest BCUT2D eigenvalue weighted by molar-refractivity contribution is 7.13. The van der Waals surface area contributed by atoms with E-state index in [0.717, 1.165) is 5.01 Å². The van der Waals surface area contributed by atoms with Gasteiger partial charge in [-0.15, -0.1) is 11.3 Å². The van der Waals surface area contributed by atoms with Crippen molar-refractivity contribution in [2.24, 2.45) is 0 Å². The van der Waals surface area contributed by atoms with E-state index in [4.69, 9.17) is 5.73 Å². The molecule has 3 aromatic heterocycles. The number of nitrogens with two attached hydrogens (primary N) is 1. The van der Waals surface area contributed by atoms with E-state index in [1.165, 1.54) is 11.3 Å². The van der Waals surface area contributed by atoms with Crippen LogP contribution >= 0.6 is 11.3 Å². The van der Waals surface area contributed by atoms with Crippen molar-refractivity contribution in [1.29, 1.82) is 5.26 Å². The van der Waals surface area contributed by atoms with Crippen molar-refractivity contribution in [3.05, 3.63) is 47.6 Å². The average molecular weight is 279 g/mol. The Morgan fingerprint density at radius 1 is 1.15 bits per heavy atom. The molecule has 3 rings (SSSR count). The van der Waals surface area contributed by atoms with Crippen molar-refractivity contribution in [2.45, 2.75) is 0 Å². The Balaban J connectivity index is 2.25. The highest BCUT2D eigenvalue weighted by Gasteiger charge is 2.15. The number of anilines is 1. The van der Waals surface area contributed by atoms with Gasteiger partial charge in [0.2, 0.25) is 0 Å². The molecular weight excluding hydrogens is 270 g/mol. The van der Waals surface area contributed by atoms with Crippen LogP contribution < -0.4 is 5.73 Å². The molecule has 0 aliphatic carbocycles. The zero-order chi connectivity index (χ0) is 13.9. The van der Waals surface area contributed by atoms with Crippen LogP contribution in [-0.4, -0.2) is 15.0 Å². The third-order valence-corrected chi connectivity index (χ3v) is 3.52. The molecule has 0 aliphatic rings. The Hall–Kier alpha value is -2.78. The lowest BCUT2D eigenvalue weighted by atomic mass is 10.1. The van der Waals surface area contributed by atoms with E-state index in [1.807, 2.05) is 17.5 Å². The second kappa shape index (κ2) is 5.07. The molecule has 0 aliphatic heterocycles. The highest BCUT2D eigenvalue weighted by atomic mass is 32.1. The van der Waals surface area contributed by atoms with Crippen molar-refractivity contribution in [3.8, 4) is 28.2 Å². The second-order valence-corrected chi connectivity index (χ2v) is 4.88. The van der Waals surface area contributed by atoms with E-state index in [2.05, 4.69) is 21.0 Å². The van der Waals surface area contributed by atoms with Gasteiger partial charge in [-0.3, -0.25) is 4.98 Å². The summed E-state index contributed by atoms with van der Waals surface area (Å²) in [5, 5.41) is 11.9. The molecule has 6 heteroatoms. The number of hydrogen-bond donors (Lipinski definition) is 1. The molecule has 0 spiro atoms. The first-order valence-corrected chi connectivity index (χ1v) is 6.69. The number of aromatic nitrogens is 3. The summed E-state index contributed by atoms with van der Waals surface area (Å²) in [5.41, 5.74) is 8.44. The zero-order valence-electron chi connectivity index (χ0n) is 10.3. The second-order valence-electron chi connectivity index (χ2n) is 3.98. The van der Waals surface area contributed by atoms with Crippen LogP contribution in [0.15, 0.2) is 42.0 Å². The van der Waals surface area contributed by atoms with Crippen LogP contribution in [0.25, 0.3) is 22.1 Å². The maximum atomic E-state index is 9.27. The van der Waals surface area contributed by atoms with Crippen LogP contribution in [0.2, 0.25) is 0 Å². The average Bonchev–Trinajstić information content (AvgIpc) is 3.01. The first-order chi connectivity index (χ1) is 9.79. The van der Waals surface area contributed by atoms with E-state index < -0.39 is 0 Å². The maximum absolute atomic E-state index is 9.27. The van der Waals surface area contributed by atoms with Crippen molar-refractivity contribution < 1.29 is 0 Å². The monoisotopic (exact) mass is 279 g/mol. The Kier molecular flexibility index (Phi) is 3.11. The molecule has 3 aromatic rings. The Labute approximate surface area is 119 Å². The molecule has 3 heterocycles. The van der Waals surface area contributed by atoms with Gasteiger partial charge in [-0.1, -0.05) is 6.07 Å². The molecule has 0 unspecified atom stereocenters. The van der Waals surface area contributed by atoms with Gasteiger partial charge in [0.25, 0.3) is 0 Å². The van der Waals surface area contributed by atoms with E-state index in [1.54, 1.807) is 24.5 Å². The smallest absolute Gasteiger partial charge is 0.141 e. The zero-order valence-corrected chi connectivity index (χ0v) is 11.1. The van der Waals surface area contributed by atoms with Crippen molar-refractivity contribution in [3.63, 3.8) is 0 Å². The number of nitrogen functional groups attached to an aromatic ring is 1. The molecule has 2 N–H and O–H groups in total. The van der Waals surface area contributed by atoms with Gasteiger partial charge in [0.1, 0.15) is 28.0 Å². The molecule has 0 amide bonds. The topological polar surface area (TPSA) is 88.5 Å². The van der Waals surface area contributed by atoms with Crippen molar-refractivity contribution in [1.82, 2.24) is 15.0 Å². The molecule has 5 nitrogen and oxygen atoms in total. The number of pyridine rings is 2. The SMILES string of the molecule is N#Cc1c(N)cc(-c2nccs2)nc1-c1ccccn1. The van der Waals surface area contributed by atoms with E-state index in [0.29, 0.717) is 28.3 Å². The van der Waals surface area contributed by atoms with Gasteiger partial charge in [0, 0.05) is 17.8 Å². The van der Waals surface area contributed by atoms with Gasteiger partial charge in [-0.2, -0.15) is 5.26 Å². The predicted molar refractivity (Wildman–Crippen MR) is 77.7 cm³/mol. The number of nitriles is 1. The predicted octanol–water partition coefficient (Wildman–Crippen LogP) is 2.72. The Morgan fingerprint density at radius 2 is 2.05 bits per heavy atom. The largest absolute Gasteiger partial charge is 0.398 e. The number of rotatable bonds is 2. The normalized spacial score (nSPS) is 10.2. The molecule has 0 radical (unpaired) electrons. The van der Waals surface area contributed by atoms with Gasteiger partial charge in [0.05, 0.1) is 11.4 Å². The summed E-state index contributed by atoms with van der Waals surface area (Å²) < 4.78 is 0. The van der Waals surface area contributed by atoms with Gasteiger partial charge in [-0.25, -0.2) is 9.97 Å². The first kappa shape index (κ1) is 12.3. The molecule has 0 bridgehead atoms. The molecular formula is C14H9N5S. The van der Waals surface area contributed by atoms with Gasteiger partial charge >= 0.3 is 0 Å². The van der Waals surface area contributed by atoms with Gasteiger partial charge in [0.15, 0.2) is 0 Å². The summed E-state index contributed by atoms with van der Waals surface area (Å²) in [6, 6.07) is 9.21. The standard InChI is InChI=1S/C14H9N5S/c15-8-9-10(16)7-12(14-18-5-6-20-14)19-13(9)11-3-1-2-4-17-11/h1-7H,(H2,16,19). The molecule has 20 heavy (non-hydrogen) atoms. The van der Waals surface area contributed by atoms with E-state index >= 15 is 0 Å². The molecule has 0 aromatic carbocycles. The lowest BCUT2D eigenvalue weighted by Crippen LogP contribution is -1.99. The third kappa shape index (κ3) is 2.11. The molecule has 0 saturated heterocycles. The summed E-state index contributed by atoms with van der Waals surface area (Å²) in [5.74, 6) is 0. The minimum atomic E-state index is 0.337. The maximum Gasteiger partial charge on any atom is 0.141 e. The van der Waals surface area contributed by atoms with Crippen LogP contribution in [0.4, 0.5) is 5.69 Å². The fourth-order valence-corrected chi connectivity index (χ4v) is 2.43. The van der Waals surface area contributed by atoms with Crippen LogP contribution in [0, 0.1) is 11.3 Å². The lowest BCUT2D eigenvalue weighted by Gasteiger charge is -2.07. The Bertz CT molecular complexity index is 775. The summed E-state index contributed by atoms with van der Waals surface area (Å²) >= 11 is 1.47. The van der Waals surface area contributed by atoms with Crippen molar-refractivity contribution in [2.75, 3.05) is 5.73 Å². The quantitative estimate of drug-likeness (QED) is 0.779. The van der Waals surface area contributed by atoms with Crippen LogP contribution in [0.5, 0.6) is 0 Å². The van der Waals surface area contributed by atoms with E-state index in [9.17, 15) is 5.26 Å². The van der Waals surface area contributed by atoms with Crippen LogP contribution in [0.1, 0.15) is 5.56 Å². The van der Waals surface area contributed by atoms with Crippen LogP contribution in [-0.2, 0) is 0 Å². The van der Waals surface area contributed by atoms with E-state index in [-0.39, 0.29) is 0 Å². The van der Waals surface area contributed by atoms with Gasteiger partial charge in [-0.05, 0) is 18.2 Å². The fourth-order valence-electron chi connectivity index (χ4n) is 1.83. The fraction of sp³-hybridized carbons (Fsp3) is 0. The minimum absolute atomic E-state index is 0.337. The number of nitrogens with zero attached hydrogens (tertiary/aromatic N) is 4. The molecule has 0 saturated carbocycles. The summed E-state index contributed by atoms with van der Waals surface area (Å²) in [7, 11) is 0. The molecule has 0 fully saturated rings. The third-order valence-electron chi connectivity index (χ3n) is 2.72. The van der Waals surface area contributed by atoms with Crippen molar-refractivity contribution >= 4 is 17.0 Å². The molecule has 96 valence electrons. The number of thiazole rings is 1. The van der Waals surface area contributed by atoms with Crippen LogP contribution in [0.3, 0.4) is 0 Å². The molecule has 0 atom stereocenters. The lowest BCUT2D eigenvalue weighted by molar-refractivity contribution is 1.23. The summed E-state index contributed by atoms with van der Waals surface area (Å²) in [4.78, 5) is 12.9. The summed E-state index contributed by atoms with van der Waals surface area (Å²) in [6.45, 7) is 0. The highest BCUT2D eigenvalue weighted by Crippen LogP contribution is 2.29.